The van der Waals surface area contributed by atoms with Gasteiger partial charge in [-0.2, -0.15) is 0 Å². The van der Waals surface area contributed by atoms with Crippen LogP contribution in [0, 0.1) is 0 Å². The van der Waals surface area contributed by atoms with Crippen LogP contribution < -0.4 is 5.32 Å². The molecule has 112 valence electrons. The molecule has 1 N–H and O–H groups in total. The van der Waals surface area contributed by atoms with Crippen LogP contribution in [0.1, 0.15) is 26.6 Å². The Morgan fingerprint density at radius 1 is 1.35 bits per heavy atom. The lowest BCUT2D eigenvalue weighted by molar-refractivity contribution is -0.128. The molecule has 1 amide bonds. The van der Waals surface area contributed by atoms with Gasteiger partial charge in [0, 0.05) is 25.8 Å². The molecule has 0 bridgehead atoms. The second-order valence-electron chi connectivity index (χ2n) is 4.05. The molecule has 0 atom stereocenters. The van der Waals surface area contributed by atoms with E-state index in [2.05, 4.69) is 15.3 Å². The summed E-state index contributed by atoms with van der Waals surface area (Å²) in [5.41, 5.74) is 0. The lowest BCUT2D eigenvalue weighted by Gasteiger charge is -2.19. The molecule has 0 aromatic carbocycles. The standard InChI is InChI=1S/C13H21ClN4O2/c1-4-18(5-2)13(19)8-15-11-7-10(14)16-12(17-11)9-20-6-3/h7H,4-6,8-9H2,1-3H3,(H,15,16,17). The fraction of sp³-hybridized carbons (Fsp3) is 0.615. The number of nitrogens with zero attached hydrogens (tertiary/aromatic N) is 3. The number of ether oxygens (including phenoxy) is 1. The van der Waals surface area contributed by atoms with E-state index in [0.717, 1.165) is 0 Å². The van der Waals surface area contributed by atoms with Crippen LogP contribution in [0.2, 0.25) is 5.15 Å². The van der Waals surface area contributed by atoms with E-state index in [1.165, 1.54) is 0 Å². The molecule has 0 spiro atoms. The van der Waals surface area contributed by atoms with Crippen LogP contribution in [0.4, 0.5) is 5.82 Å². The number of halogens is 1. The van der Waals surface area contributed by atoms with E-state index in [1.54, 1.807) is 11.0 Å². The lowest BCUT2D eigenvalue weighted by atomic mass is 10.4. The third kappa shape index (κ3) is 5.30. The molecule has 0 radical (unpaired) electrons. The van der Waals surface area contributed by atoms with E-state index in [-0.39, 0.29) is 12.5 Å². The maximum Gasteiger partial charge on any atom is 0.241 e. The number of hydrogen-bond donors (Lipinski definition) is 1. The first-order valence-corrected chi connectivity index (χ1v) is 7.11. The maximum atomic E-state index is 11.9. The van der Waals surface area contributed by atoms with Crippen molar-refractivity contribution in [2.24, 2.45) is 0 Å². The van der Waals surface area contributed by atoms with Crippen molar-refractivity contribution in [1.29, 1.82) is 0 Å². The Balaban J connectivity index is 2.63. The topological polar surface area (TPSA) is 67.3 Å². The zero-order chi connectivity index (χ0) is 15.0. The highest BCUT2D eigenvalue weighted by atomic mass is 35.5. The Morgan fingerprint density at radius 3 is 2.65 bits per heavy atom. The quantitative estimate of drug-likeness (QED) is 0.743. The fourth-order valence-corrected chi connectivity index (χ4v) is 1.87. The highest BCUT2D eigenvalue weighted by molar-refractivity contribution is 6.29. The molecule has 0 aliphatic carbocycles. The van der Waals surface area contributed by atoms with Crippen molar-refractivity contribution in [2.75, 3.05) is 31.6 Å². The second kappa shape index (κ2) is 8.71. The third-order valence-corrected chi connectivity index (χ3v) is 2.91. The van der Waals surface area contributed by atoms with Gasteiger partial charge < -0.3 is 15.0 Å². The molecule has 0 aliphatic rings. The first-order chi connectivity index (χ1) is 9.60. The van der Waals surface area contributed by atoms with Gasteiger partial charge >= 0.3 is 0 Å². The third-order valence-electron chi connectivity index (χ3n) is 2.71. The zero-order valence-corrected chi connectivity index (χ0v) is 12.9. The monoisotopic (exact) mass is 300 g/mol. The smallest absolute Gasteiger partial charge is 0.241 e. The van der Waals surface area contributed by atoms with E-state index in [9.17, 15) is 4.79 Å². The lowest BCUT2D eigenvalue weighted by Crippen LogP contribution is -2.35. The minimum atomic E-state index is 0.0242. The number of rotatable bonds is 8. The van der Waals surface area contributed by atoms with E-state index in [4.69, 9.17) is 16.3 Å². The van der Waals surface area contributed by atoms with Gasteiger partial charge in [-0.15, -0.1) is 0 Å². The van der Waals surface area contributed by atoms with E-state index < -0.39 is 0 Å². The van der Waals surface area contributed by atoms with Crippen molar-refractivity contribution in [2.45, 2.75) is 27.4 Å². The van der Waals surface area contributed by atoms with Crippen molar-refractivity contribution in [3.8, 4) is 0 Å². The summed E-state index contributed by atoms with van der Waals surface area (Å²) in [5, 5.41) is 3.30. The van der Waals surface area contributed by atoms with Crippen molar-refractivity contribution >= 4 is 23.3 Å². The molecule has 0 aliphatic heterocycles. The van der Waals surface area contributed by atoms with Crippen LogP contribution in [-0.4, -0.2) is 47.0 Å². The number of amides is 1. The van der Waals surface area contributed by atoms with Crippen LogP contribution in [-0.2, 0) is 16.1 Å². The van der Waals surface area contributed by atoms with Gasteiger partial charge in [0.25, 0.3) is 0 Å². The van der Waals surface area contributed by atoms with Crippen molar-refractivity contribution in [3.05, 3.63) is 17.0 Å². The molecule has 1 aromatic heterocycles. The number of hydrogen-bond acceptors (Lipinski definition) is 5. The van der Waals surface area contributed by atoms with Gasteiger partial charge in [0.15, 0.2) is 5.82 Å². The summed E-state index contributed by atoms with van der Waals surface area (Å²) >= 11 is 5.92. The Labute approximate surface area is 124 Å². The molecule has 1 rings (SSSR count). The average molecular weight is 301 g/mol. The van der Waals surface area contributed by atoms with Gasteiger partial charge in [0.2, 0.25) is 5.91 Å². The summed E-state index contributed by atoms with van der Waals surface area (Å²) in [5.74, 6) is 1.05. The first kappa shape index (κ1) is 16.7. The SMILES string of the molecule is CCOCc1nc(Cl)cc(NCC(=O)N(CC)CC)n1. The normalized spacial score (nSPS) is 10.4. The summed E-state index contributed by atoms with van der Waals surface area (Å²) in [6, 6.07) is 1.59. The molecule has 0 fully saturated rings. The number of carbonyl (C=O) groups is 1. The molecule has 0 unspecified atom stereocenters. The van der Waals surface area contributed by atoms with Crippen LogP contribution in [0.3, 0.4) is 0 Å². The van der Waals surface area contributed by atoms with Gasteiger partial charge in [-0.1, -0.05) is 11.6 Å². The summed E-state index contributed by atoms with van der Waals surface area (Å²) < 4.78 is 5.24. The highest BCUT2D eigenvalue weighted by Crippen LogP contribution is 2.12. The predicted molar refractivity (Wildman–Crippen MR) is 78.8 cm³/mol. The van der Waals surface area contributed by atoms with E-state index >= 15 is 0 Å². The Hall–Kier alpha value is -1.40. The summed E-state index contributed by atoms with van der Waals surface area (Å²) in [6.45, 7) is 8.24. The Kier molecular flexibility index (Phi) is 7.25. The van der Waals surface area contributed by atoms with E-state index in [0.29, 0.717) is 43.1 Å². The number of aromatic nitrogens is 2. The van der Waals surface area contributed by atoms with Crippen molar-refractivity contribution in [3.63, 3.8) is 0 Å². The molecular weight excluding hydrogens is 280 g/mol. The average Bonchev–Trinajstić information content (AvgIpc) is 2.43. The van der Waals surface area contributed by atoms with Crippen LogP contribution >= 0.6 is 11.6 Å². The number of nitrogens with one attached hydrogen (secondary N) is 1. The number of likely N-dealkylation sites (N-methyl/N-ethyl adjacent to an activating group) is 1. The molecule has 7 heteroatoms. The number of anilines is 1. The van der Waals surface area contributed by atoms with E-state index in [1.807, 2.05) is 20.8 Å². The minimum absolute atomic E-state index is 0.0242. The zero-order valence-electron chi connectivity index (χ0n) is 12.1. The van der Waals surface area contributed by atoms with Crippen molar-refractivity contribution < 1.29 is 9.53 Å². The molecule has 1 heterocycles. The molecule has 1 aromatic rings. The Bertz CT molecular complexity index is 438. The van der Waals surface area contributed by atoms with Crippen molar-refractivity contribution in [1.82, 2.24) is 14.9 Å². The van der Waals surface area contributed by atoms with Crippen LogP contribution in [0.25, 0.3) is 0 Å². The molecule has 0 saturated carbocycles. The van der Waals surface area contributed by atoms with Crippen LogP contribution in [0.5, 0.6) is 0 Å². The Morgan fingerprint density at radius 2 is 2.05 bits per heavy atom. The maximum absolute atomic E-state index is 11.9. The summed E-state index contributed by atoms with van der Waals surface area (Å²) in [7, 11) is 0. The number of carbonyl (C=O) groups excluding carboxylic acids is 1. The predicted octanol–water partition coefficient (Wildman–Crippen LogP) is 1.95. The fourth-order valence-electron chi connectivity index (χ4n) is 1.67. The summed E-state index contributed by atoms with van der Waals surface area (Å²) in [6.07, 6.45) is 0. The van der Waals surface area contributed by atoms with Gasteiger partial charge in [-0.05, 0) is 20.8 Å². The minimum Gasteiger partial charge on any atom is -0.374 e. The van der Waals surface area contributed by atoms with Gasteiger partial charge in [0.05, 0.1) is 6.54 Å². The molecule has 20 heavy (non-hydrogen) atoms. The van der Waals surface area contributed by atoms with Crippen LogP contribution in [0.15, 0.2) is 6.07 Å². The molecule has 0 saturated heterocycles. The van der Waals surface area contributed by atoms with Gasteiger partial charge in [-0.3, -0.25) is 4.79 Å². The second-order valence-corrected chi connectivity index (χ2v) is 4.44. The van der Waals surface area contributed by atoms with Gasteiger partial charge in [0.1, 0.15) is 17.6 Å². The molecule has 6 nitrogen and oxygen atoms in total. The highest BCUT2D eigenvalue weighted by Gasteiger charge is 2.10. The first-order valence-electron chi connectivity index (χ1n) is 6.73. The summed E-state index contributed by atoms with van der Waals surface area (Å²) in [4.78, 5) is 21.9. The van der Waals surface area contributed by atoms with Gasteiger partial charge in [-0.25, -0.2) is 9.97 Å². The molecular formula is C13H21ClN4O2. The largest absolute Gasteiger partial charge is 0.374 e.